The van der Waals surface area contributed by atoms with Gasteiger partial charge in [0.2, 0.25) is 0 Å². The average Bonchev–Trinajstić information content (AvgIpc) is 3.61. The third-order valence-electron chi connectivity index (χ3n) is 8.03. The Morgan fingerprint density at radius 1 is 1.13 bits per heavy atom. The van der Waals surface area contributed by atoms with Gasteiger partial charge in [0.05, 0.1) is 5.56 Å². The van der Waals surface area contributed by atoms with E-state index in [1.54, 1.807) is 12.1 Å². The number of piperidine rings is 1. The van der Waals surface area contributed by atoms with Crippen molar-refractivity contribution in [3.63, 3.8) is 0 Å². The van der Waals surface area contributed by atoms with Crippen LogP contribution >= 0.6 is 0 Å². The van der Waals surface area contributed by atoms with Gasteiger partial charge in [-0.1, -0.05) is 17.3 Å². The Morgan fingerprint density at radius 2 is 1.84 bits per heavy atom. The van der Waals surface area contributed by atoms with E-state index in [0.29, 0.717) is 18.8 Å². The fourth-order valence-electron chi connectivity index (χ4n) is 5.99. The van der Waals surface area contributed by atoms with Gasteiger partial charge in [-0.05, 0) is 68.1 Å². The first-order valence-electron chi connectivity index (χ1n) is 12.6. The minimum Gasteiger partial charge on any atom is -0.478 e. The van der Waals surface area contributed by atoms with Crippen LogP contribution in [0, 0.1) is 11.2 Å². The molecule has 1 aliphatic heterocycles. The van der Waals surface area contributed by atoms with E-state index in [1.165, 1.54) is 12.1 Å². The summed E-state index contributed by atoms with van der Waals surface area (Å²) in [5.41, 5.74) is 1.40. The molecule has 2 saturated carbocycles. The molecule has 3 heterocycles. The van der Waals surface area contributed by atoms with Crippen LogP contribution < -0.4 is 9.64 Å². The molecule has 11 heteroatoms. The van der Waals surface area contributed by atoms with E-state index in [9.17, 15) is 22.4 Å². The van der Waals surface area contributed by atoms with Gasteiger partial charge in [-0.2, -0.15) is 0 Å². The first-order chi connectivity index (χ1) is 18.1. The molecule has 1 aromatic carbocycles. The van der Waals surface area contributed by atoms with Gasteiger partial charge in [-0.15, -0.1) is 13.2 Å². The zero-order chi connectivity index (χ0) is 26.7. The van der Waals surface area contributed by atoms with E-state index in [0.717, 1.165) is 62.1 Å². The van der Waals surface area contributed by atoms with Gasteiger partial charge in [0, 0.05) is 36.3 Å². The van der Waals surface area contributed by atoms with Crippen LogP contribution in [0.5, 0.6) is 5.75 Å². The summed E-state index contributed by atoms with van der Waals surface area (Å²) in [6, 6.07) is 6.99. The van der Waals surface area contributed by atoms with Crippen LogP contribution in [0.25, 0.3) is 11.3 Å². The number of aromatic carboxylic acids is 1. The highest BCUT2D eigenvalue weighted by molar-refractivity contribution is 5.87. The van der Waals surface area contributed by atoms with Crippen LogP contribution in [0.4, 0.5) is 23.4 Å². The van der Waals surface area contributed by atoms with E-state index in [-0.39, 0.29) is 39.9 Å². The number of ether oxygens (including phenoxy) is 1. The van der Waals surface area contributed by atoms with Crippen molar-refractivity contribution in [1.82, 2.24) is 10.1 Å². The van der Waals surface area contributed by atoms with Gasteiger partial charge in [0.15, 0.2) is 11.6 Å². The monoisotopic (exact) mass is 531 g/mol. The average molecular weight is 532 g/mol. The van der Waals surface area contributed by atoms with Crippen molar-refractivity contribution in [2.75, 3.05) is 18.0 Å². The van der Waals surface area contributed by atoms with Crippen molar-refractivity contribution >= 4 is 11.8 Å². The molecule has 1 saturated heterocycles. The Balaban J connectivity index is 1.20. The number of hydrogen-bond acceptors (Lipinski definition) is 6. The van der Waals surface area contributed by atoms with Crippen molar-refractivity contribution in [2.45, 2.75) is 56.7 Å². The predicted molar refractivity (Wildman–Crippen MR) is 128 cm³/mol. The molecule has 0 radical (unpaired) electrons. The van der Waals surface area contributed by atoms with Crippen LogP contribution in [-0.2, 0) is 0 Å². The van der Waals surface area contributed by atoms with Gasteiger partial charge in [0.1, 0.15) is 17.2 Å². The molecule has 0 amide bonds. The standard InChI is InChI=1S/C27H25F4N3O4/c28-19-11-16(25(35)36)14-32-24(19)34-9-7-26(8-10-34)12-17(13-26)21-22(33-38-23(21)15-5-6-15)18-3-1-2-4-20(18)37-27(29,30)31/h1-4,11,14-15,17H,5-10,12-13H2,(H,35,36). The Morgan fingerprint density at radius 3 is 2.47 bits per heavy atom. The molecule has 1 spiro atoms. The number of carboxylic acids is 1. The normalized spacial score (nSPS) is 19.4. The maximum absolute atomic E-state index is 14.5. The quantitative estimate of drug-likeness (QED) is 0.363. The molecule has 2 aromatic heterocycles. The fraction of sp³-hybridized carbons (Fsp3) is 0.444. The van der Waals surface area contributed by atoms with E-state index in [1.807, 2.05) is 4.90 Å². The van der Waals surface area contributed by atoms with Gasteiger partial charge in [-0.3, -0.25) is 0 Å². The summed E-state index contributed by atoms with van der Waals surface area (Å²) in [6.07, 6.45) is 1.56. The van der Waals surface area contributed by atoms with Gasteiger partial charge < -0.3 is 19.3 Å². The smallest absolute Gasteiger partial charge is 0.478 e. The third-order valence-corrected chi connectivity index (χ3v) is 8.03. The molecule has 1 N–H and O–H groups in total. The zero-order valence-corrected chi connectivity index (χ0v) is 20.3. The first-order valence-corrected chi connectivity index (χ1v) is 12.6. The highest BCUT2D eigenvalue weighted by Crippen LogP contribution is 2.60. The van der Waals surface area contributed by atoms with Gasteiger partial charge in [-0.25, -0.2) is 14.2 Å². The molecule has 38 heavy (non-hydrogen) atoms. The summed E-state index contributed by atoms with van der Waals surface area (Å²) < 4.78 is 63.7. The number of nitrogens with zero attached hydrogens (tertiary/aromatic N) is 3. The minimum atomic E-state index is -4.82. The van der Waals surface area contributed by atoms with Crippen molar-refractivity contribution in [2.24, 2.45) is 5.41 Å². The fourth-order valence-corrected chi connectivity index (χ4v) is 5.99. The molecule has 0 bridgehead atoms. The Hall–Kier alpha value is -3.63. The molecular weight excluding hydrogens is 506 g/mol. The summed E-state index contributed by atoms with van der Waals surface area (Å²) in [5, 5.41) is 13.3. The molecule has 3 aliphatic rings. The maximum Gasteiger partial charge on any atom is 0.573 e. The lowest BCUT2D eigenvalue weighted by Crippen LogP contribution is -2.47. The van der Waals surface area contributed by atoms with Crippen LogP contribution in [0.15, 0.2) is 41.1 Å². The molecule has 6 rings (SSSR count). The molecule has 0 unspecified atom stereocenters. The second-order valence-electron chi connectivity index (χ2n) is 10.6. The van der Waals surface area contributed by atoms with Crippen molar-refractivity contribution in [3.05, 3.63) is 59.2 Å². The number of para-hydroxylation sites is 1. The lowest BCUT2D eigenvalue weighted by molar-refractivity contribution is -0.274. The van der Waals surface area contributed by atoms with E-state index in [4.69, 9.17) is 9.63 Å². The highest BCUT2D eigenvalue weighted by Gasteiger charge is 2.50. The number of alkyl halides is 3. The van der Waals surface area contributed by atoms with Crippen molar-refractivity contribution in [3.8, 4) is 17.0 Å². The number of hydrogen-bond donors (Lipinski definition) is 1. The zero-order valence-electron chi connectivity index (χ0n) is 20.3. The van der Waals surface area contributed by atoms with E-state index >= 15 is 0 Å². The second kappa shape index (κ2) is 8.99. The number of pyridine rings is 1. The summed E-state index contributed by atoms with van der Waals surface area (Å²) in [6.45, 7) is 1.16. The van der Waals surface area contributed by atoms with Crippen LogP contribution in [0.1, 0.15) is 72.0 Å². The van der Waals surface area contributed by atoms with Crippen LogP contribution in [0.3, 0.4) is 0 Å². The first kappa shape index (κ1) is 24.7. The summed E-state index contributed by atoms with van der Waals surface area (Å²) >= 11 is 0. The van der Waals surface area contributed by atoms with Crippen LogP contribution in [-0.4, -0.2) is 40.7 Å². The predicted octanol–water partition coefficient (Wildman–Crippen LogP) is 6.51. The van der Waals surface area contributed by atoms with Gasteiger partial charge >= 0.3 is 12.3 Å². The summed E-state index contributed by atoms with van der Waals surface area (Å²) in [4.78, 5) is 17.0. The molecule has 2 aliphatic carbocycles. The molecule has 200 valence electrons. The highest BCUT2D eigenvalue weighted by atomic mass is 19.4. The van der Waals surface area contributed by atoms with Crippen molar-refractivity contribution in [1.29, 1.82) is 0 Å². The lowest BCUT2D eigenvalue weighted by Gasteiger charge is -2.52. The number of rotatable bonds is 6. The lowest BCUT2D eigenvalue weighted by atomic mass is 9.55. The number of benzene rings is 1. The third kappa shape index (κ3) is 4.58. The molecule has 7 nitrogen and oxygen atoms in total. The van der Waals surface area contributed by atoms with E-state index < -0.39 is 18.1 Å². The number of carboxylic acid groups (broad SMARTS) is 1. The van der Waals surface area contributed by atoms with Gasteiger partial charge in [0.25, 0.3) is 0 Å². The topological polar surface area (TPSA) is 88.7 Å². The molecule has 0 atom stereocenters. The Labute approximate surface area is 215 Å². The Bertz CT molecular complexity index is 1370. The minimum absolute atomic E-state index is 0.0377. The maximum atomic E-state index is 14.5. The number of aromatic nitrogens is 2. The summed E-state index contributed by atoms with van der Waals surface area (Å²) in [5.74, 6) is -0.932. The van der Waals surface area contributed by atoms with Crippen LogP contribution in [0.2, 0.25) is 0 Å². The van der Waals surface area contributed by atoms with E-state index in [2.05, 4.69) is 14.9 Å². The SMILES string of the molecule is O=C(O)c1cnc(N2CCC3(CC2)CC(c2c(-c4ccccc4OC(F)(F)F)noc2C2CC2)C3)c(F)c1. The largest absolute Gasteiger partial charge is 0.573 e. The molecule has 3 fully saturated rings. The number of anilines is 1. The van der Waals surface area contributed by atoms with Crippen molar-refractivity contribution < 1.29 is 36.7 Å². The number of carbonyl (C=O) groups is 1. The molecule has 3 aromatic rings. The summed E-state index contributed by atoms with van der Waals surface area (Å²) in [7, 11) is 0. The second-order valence-corrected chi connectivity index (χ2v) is 10.6. The number of halogens is 4. The Kier molecular flexibility index (Phi) is 5.84. The molecular formula is C27H25F4N3O4.